The van der Waals surface area contributed by atoms with Gasteiger partial charge < -0.3 is 9.26 Å². The Morgan fingerprint density at radius 3 is 2.87 bits per heavy atom. The molecule has 0 aliphatic carbocycles. The molecule has 0 aliphatic rings. The van der Waals surface area contributed by atoms with Gasteiger partial charge in [0.1, 0.15) is 12.3 Å². The third kappa shape index (κ3) is 4.17. The highest BCUT2D eigenvalue weighted by atomic mass is 32.1. The molecule has 0 unspecified atom stereocenters. The van der Waals surface area contributed by atoms with Crippen molar-refractivity contribution in [2.75, 3.05) is 0 Å². The summed E-state index contributed by atoms with van der Waals surface area (Å²) in [5, 5.41) is 5.87. The summed E-state index contributed by atoms with van der Waals surface area (Å²) in [6.45, 7) is 2.11. The maximum absolute atomic E-state index is 11.7. The minimum Gasteiger partial charge on any atom is -0.456 e. The van der Waals surface area contributed by atoms with Crippen LogP contribution in [0.2, 0.25) is 0 Å². The van der Waals surface area contributed by atoms with E-state index in [1.165, 1.54) is 11.6 Å². The molecule has 0 aliphatic heterocycles. The lowest BCUT2D eigenvalue weighted by atomic mass is 10.1. The number of hydrogen-bond donors (Lipinski definition) is 0. The van der Waals surface area contributed by atoms with Crippen molar-refractivity contribution in [2.45, 2.75) is 13.5 Å². The van der Waals surface area contributed by atoms with E-state index in [9.17, 15) is 4.79 Å². The van der Waals surface area contributed by atoms with Crippen LogP contribution in [-0.4, -0.2) is 11.1 Å². The lowest BCUT2D eigenvalue weighted by molar-refractivity contribution is -0.139. The fraction of sp³-hybridized carbons (Fsp3) is 0.111. The van der Waals surface area contributed by atoms with Crippen LogP contribution in [0, 0.1) is 6.92 Å². The number of nitrogens with zero attached hydrogens (tertiary/aromatic N) is 1. The van der Waals surface area contributed by atoms with E-state index in [0.717, 1.165) is 10.4 Å². The number of thiophene rings is 1. The van der Waals surface area contributed by atoms with Gasteiger partial charge >= 0.3 is 5.97 Å². The number of carbonyl (C=O) groups is 1. The van der Waals surface area contributed by atoms with Gasteiger partial charge in [-0.3, -0.25) is 0 Å². The van der Waals surface area contributed by atoms with Crippen LogP contribution in [0.4, 0.5) is 0 Å². The number of benzene rings is 1. The van der Waals surface area contributed by atoms with Gasteiger partial charge in [0.05, 0.1) is 0 Å². The van der Waals surface area contributed by atoms with Gasteiger partial charge in [0, 0.05) is 22.6 Å². The molecule has 0 amide bonds. The second-order valence-electron chi connectivity index (χ2n) is 5.00. The Morgan fingerprint density at radius 1 is 1.30 bits per heavy atom. The summed E-state index contributed by atoms with van der Waals surface area (Å²) >= 11 is 1.56. The molecule has 3 aromatic rings. The van der Waals surface area contributed by atoms with Gasteiger partial charge in [0.15, 0.2) is 5.76 Å². The summed E-state index contributed by atoms with van der Waals surface area (Å²) in [5.41, 5.74) is 2.71. The molecular formula is C18H15NO3S. The number of ether oxygens (including phenoxy) is 1. The van der Waals surface area contributed by atoms with Crippen molar-refractivity contribution in [1.29, 1.82) is 0 Å². The van der Waals surface area contributed by atoms with Crippen LogP contribution in [0.1, 0.15) is 16.1 Å². The first-order valence-corrected chi connectivity index (χ1v) is 8.00. The van der Waals surface area contributed by atoms with Gasteiger partial charge in [0.2, 0.25) is 0 Å². The third-order valence-corrected chi connectivity index (χ3v) is 4.02. The van der Waals surface area contributed by atoms with Crippen LogP contribution in [0.25, 0.3) is 17.4 Å². The highest BCUT2D eigenvalue weighted by Crippen LogP contribution is 2.21. The number of carbonyl (C=O) groups excluding carboxylic acids is 1. The number of rotatable bonds is 5. The Labute approximate surface area is 138 Å². The van der Waals surface area contributed by atoms with Gasteiger partial charge in [-0.2, -0.15) is 0 Å². The minimum absolute atomic E-state index is 0.0863. The zero-order valence-corrected chi connectivity index (χ0v) is 13.4. The van der Waals surface area contributed by atoms with E-state index >= 15 is 0 Å². The van der Waals surface area contributed by atoms with Gasteiger partial charge in [-0.05, 0) is 24.4 Å². The van der Waals surface area contributed by atoms with Crippen molar-refractivity contribution < 1.29 is 14.1 Å². The Bertz CT molecular complexity index is 801. The maximum atomic E-state index is 11.7. The predicted octanol–water partition coefficient (Wildman–Crippen LogP) is 4.47. The van der Waals surface area contributed by atoms with Crippen molar-refractivity contribution in [3.63, 3.8) is 0 Å². The lowest BCUT2D eigenvalue weighted by Crippen LogP contribution is -2.00. The molecule has 3 rings (SSSR count). The first kappa shape index (κ1) is 15.2. The van der Waals surface area contributed by atoms with E-state index < -0.39 is 5.97 Å². The van der Waals surface area contributed by atoms with E-state index in [2.05, 4.69) is 5.16 Å². The zero-order chi connectivity index (χ0) is 16.1. The monoisotopic (exact) mass is 325 g/mol. The summed E-state index contributed by atoms with van der Waals surface area (Å²) in [7, 11) is 0. The number of hydrogen-bond acceptors (Lipinski definition) is 5. The van der Waals surface area contributed by atoms with Crippen molar-refractivity contribution >= 4 is 23.4 Å². The topological polar surface area (TPSA) is 52.3 Å². The molecule has 23 heavy (non-hydrogen) atoms. The average molecular weight is 325 g/mol. The van der Waals surface area contributed by atoms with Gasteiger partial charge in [0.25, 0.3) is 0 Å². The number of esters is 1. The summed E-state index contributed by atoms with van der Waals surface area (Å²) in [4.78, 5) is 12.7. The van der Waals surface area contributed by atoms with E-state index in [0.29, 0.717) is 11.5 Å². The first-order chi connectivity index (χ1) is 11.2. The van der Waals surface area contributed by atoms with Crippen molar-refractivity contribution in [1.82, 2.24) is 5.16 Å². The van der Waals surface area contributed by atoms with Gasteiger partial charge in [-0.25, -0.2) is 4.79 Å². The zero-order valence-electron chi connectivity index (χ0n) is 12.6. The third-order valence-electron chi connectivity index (χ3n) is 3.18. The van der Waals surface area contributed by atoms with Crippen LogP contribution in [0.15, 0.2) is 58.4 Å². The van der Waals surface area contributed by atoms with Crippen LogP contribution >= 0.6 is 11.3 Å². The predicted molar refractivity (Wildman–Crippen MR) is 89.8 cm³/mol. The maximum Gasteiger partial charge on any atom is 0.331 e. The van der Waals surface area contributed by atoms with Crippen LogP contribution in [0.5, 0.6) is 0 Å². The Kier molecular flexibility index (Phi) is 4.68. The SMILES string of the molecule is Cc1ccc(-c2cc(COC(=O)/C=C/c3cccs3)no2)cc1. The Morgan fingerprint density at radius 2 is 2.13 bits per heavy atom. The first-order valence-electron chi connectivity index (χ1n) is 7.12. The van der Waals surface area contributed by atoms with Crippen LogP contribution < -0.4 is 0 Å². The lowest BCUT2D eigenvalue weighted by Gasteiger charge is -1.97. The molecular weight excluding hydrogens is 310 g/mol. The molecule has 116 valence electrons. The summed E-state index contributed by atoms with van der Waals surface area (Å²) in [5.74, 6) is 0.253. The molecule has 4 nitrogen and oxygen atoms in total. The molecule has 5 heteroatoms. The normalized spacial score (nSPS) is 11.0. The van der Waals surface area contributed by atoms with Crippen molar-refractivity contribution in [3.05, 3.63) is 70.1 Å². The minimum atomic E-state index is -0.404. The molecule has 2 heterocycles. The van der Waals surface area contributed by atoms with E-state index in [1.807, 2.05) is 48.7 Å². The summed E-state index contributed by atoms with van der Waals surface area (Å²) in [6, 6.07) is 13.6. The molecule has 0 saturated carbocycles. The molecule has 0 radical (unpaired) electrons. The van der Waals surface area contributed by atoms with Gasteiger partial charge in [-0.15, -0.1) is 11.3 Å². The largest absolute Gasteiger partial charge is 0.456 e. The van der Waals surface area contributed by atoms with Crippen molar-refractivity contribution in [3.8, 4) is 11.3 Å². The Hall–Kier alpha value is -2.66. The second-order valence-corrected chi connectivity index (χ2v) is 5.98. The van der Waals surface area contributed by atoms with E-state index in [4.69, 9.17) is 9.26 Å². The fourth-order valence-corrected chi connectivity index (χ4v) is 2.58. The van der Waals surface area contributed by atoms with Gasteiger partial charge in [-0.1, -0.05) is 41.1 Å². The molecule has 1 aromatic carbocycles. The summed E-state index contributed by atoms with van der Waals surface area (Å²) in [6.07, 6.45) is 3.14. The van der Waals surface area contributed by atoms with E-state index in [1.54, 1.807) is 23.5 Å². The smallest absolute Gasteiger partial charge is 0.331 e. The molecule has 0 N–H and O–H groups in total. The summed E-state index contributed by atoms with van der Waals surface area (Å²) < 4.78 is 10.4. The molecule has 0 spiro atoms. The molecule has 0 saturated heterocycles. The van der Waals surface area contributed by atoms with Crippen LogP contribution in [0.3, 0.4) is 0 Å². The molecule has 0 atom stereocenters. The highest BCUT2D eigenvalue weighted by molar-refractivity contribution is 7.10. The molecule has 0 fully saturated rings. The fourth-order valence-electron chi connectivity index (χ4n) is 1.96. The Balaban J connectivity index is 1.57. The quantitative estimate of drug-likeness (QED) is 0.513. The van der Waals surface area contributed by atoms with Crippen LogP contribution in [-0.2, 0) is 16.1 Å². The number of aryl methyl sites for hydroxylation is 1. The van der Waals surface area contributed by atoms with Crippen molar-refractivity contribution in [2.24, 2.45) is 0 Å². The second kappa shape index (κ2) is 7.07. The highest BCUT2D eigenvalue weighted by Gasteiger charge is 2.08. The van der Waals surface area contributed by atoms with E-state index in [-0.39, 0.29) is 6.61 Å². The average Bonchev–Trinajstić information content (AvgIpc) is 3.23. The number of aromatic nitrogens is 1. The molecule has 2 aromatic heterocycles. The molecule has 0 bridgehead atoms. The standard InChI is InChI=1S/C18H15NO3S/c1-13-4-6-14(7-5-13)17-11-15(19-22-17)12-21-18(20)9-8-16-3-2-10-23-16/h2-11H,12H2,1H3/b9-8+.